The Kier molecular flexibility index (Phi) is 4.37. The number of ether oxygens (including phenoxy) is 1. The Hall–Kier alpha value is -2.63. The van der Waals surface area contributed by atoms with Crippen molar-refractivity contribution in [2.24, 2.45) is 0 Å². The molecule has 2 aromatic rings. The van der Waals surface area contributed by atoms with Crippen molar-refractivity contribution in [3.05, 3.63) is 58.8 Å². The summed E-state index contributed by atoms with van der Waals surface area (Å²) in [5, 5.41) is 0. The molecule has 1 fully saturated rings. The molecule has 5 nitrogen and oxygen atoms in total. The van der Waals surface area contributed by atoms with Crippen molar-refractivity contribution >= 4 is 11.9 Å². The second-order valence-electron chi connectivity index (χ2n) is 6.42. The number of amides is 1. The first kappa shape index (κ1) is 17.2. The van der Waals surface area contributed by atoms with Gasteiger partial charge in [-0.1, -0.05) is 12.1 Å². The van der Waals surface area contributed by atoms with Crippen LogP contribution in [0.15, 0.2) is 34.7 Å². The van der Waals surface area contributed by atoms with Crippen molar-refractivity contribution in [1.82, 2.24) is 4.90 Å². The normalized spacial score (nSPS) is 14.9. The lowest BCUT2D eigenvalue weighted by Crippen LogP contribution is -2.36. The zero-order chi connectivity index (χ0) is 18.2. The van der Waals surface area contributed by atoms with E-state index in [1.54, 1.807) is 37.1 Å². The van der Waals surface area contributed by atoms with E-state index in [9.17, 15) is 14.0 Å². The average molecular weight is 345 g/mol. The Morgan fingerprint density at radius 3 is 2.48 bits per heavy atom. The van der Waals surface area contributed by atoms with Crippen LogP contribution in [-0.4, -0.2) is 30.9 Å². The van der Waals surface area contributed by atoms with E-state index in [2.05, 4.69) is 0 Å². The molecule has 6 heteroatoms. The number of likely N-dealkylation sites (N-methyl/N-ethyl adjacent to an activating group) is 1. The van der Waals surface area contributed by atoms with Gasteiger partial charge in [0.15, 0.2) is 0 Å². The molecule has 25 heavy (non-hydrogen) atoms. The number of aryl methyl sites for hydroxylation is 1. The van der Waals surface area contributed by atoms with Gasteiger partial charge in [-0.25, -0.2) is 9.18 Å². The molecule has 1 saturated carbocycles. The molecule has 1 aliphatic carbocycles. The average Bonchev–Trinajstić information content (AvgIpc) is 3.32. The van der Waals surface area contributed by atoms with Crippen molar-refractivity contribution < 1.29 is 23.1 Å². The number of furan rings is 1. The highest BCUT2D eigenvalue weighted by molar-refractivity contribution is 5.92. The van der Waals surface area contributed by atoms with E-state index in [1.807, 2.05) is 0 Å². The van der Waals surface area contributed by atoms with E-state index in [4.69, 9.17) is 9.15 Å². The third-order valence-corrected chi connectivity index (χ3v) is 4.67. The minimum atomic E-state index is -0.574. The maximum absolute atomic E-state index is 13.1. The molecule has 1 aromatic carbocycles. The molecule has 1 aliphatic rings. The largest absolute Gasteiger partial charge is 0.465 e. The number of hydrogen-bond donors (Lipinski definition) is 0. The molecule has 0 unspecified atom stereocenters. The molecule has 132 valence electrons. The number of carbonyl (C=O) groups is 2. The topological polar surface area (TPSA) is 59.8 Å². The number of carbonyl (C=O) groups excluding carboxylic acids is 2. The molecule has 0 N–H and O–H groups in total. The molecule has 0 bridgehead atoms. The van der Waals surface area contributed by atoms with Gasteiger partial charge < -0.3 is 14.1 Å². The zero-order valence-electron chi connectivity index (χ0n) is 14.5. The van der Waals surface area contributed by atoms with E-state index in [-0.39, 0.29) is 18.3 Å². The van der Waals surface area contributed by atoms with Crippen molar-refractivity contribution in [3.63, 3.8) is 0 Å². The van der Waals surface area contributed by atoms with Gasteiger partial charge in [-0.05, 0) is 43.5 Å². The summed E-state index contributed by atoms with van der Waals surface area (Å²) in [6.45, 7) is 1.93. The monoisotopic (exact) mass is 345 g/mol. The smallest absolute Gasteiger partial charge is 0.341 e. The van der Waals surface area contributed by atoms with Crippen LogP contribution in [0.1, 0.15) is 40.3 Å². The van der Waals surface area contributed by atoms with Crippen molar-refractivity contribution in [3.8, 4) is 0 Å². The molecule has 0 aliphatic heterocycles. The zero-order valence-corrected chi connectivity index (χ0v) is 14.5. The van der Waals surface area contributed by atoms with Crippen LogP contribution in [0.2, 0.25) is 0 Å². The molecule has 1 heterocycles. The minimum absolute atomic E-state index is 0.0345. The van der Waals surface area contributed by atoms with Gasteiger partial charge in [0.2, 0.25) is 5.91 Å². The quantitative estimate of drug-likeness (QED) is 0.781. The lowest BCUT2D eigenvalue weighted by Gasteiger charge is -2.23. The number of esters is 1. The summed E-state index contributed by atoms with van der Waals surface area (Å²) < 4.78 is 23.4. The Morgan fingerprint density at radius 1 is 1.28 bits per heavy atom. The second-order valence-corrected chi connectivity index (χ2v) is 6.42. The first-order valence-corrected chi connectivity index (χ1v) is 8.06. The van der Waals surface area contributed by atoms with Gasteiger partial charge in [-0.2, -0.15) is 0 Å². The van der Waals surface area contributed by atoms with Crippen molar-refractivity contribution in [2.45, 2.75) is 31.7 Å². The number of methoxy groups -OCH3 is 1. The highest BCUT2D eigenvalue weighted by atomic mass is 19.1. The molecule has 0 radical (unpaired) electrons. The maximum atomic E-state index is 13.1. The van der Waals surface area contributed by atoms with Crippen LogP contribution in [0.4, 0.5) is 4.39 Å². The molecule has 1 aromatic heterocycles. The number of halogens is 1. The third kappa shape index (κ3) is 3.16. The van der Waals surface area contributed by atoms with Gasteiger partial charge in [0.25, 0.3) is 0 Å². The lowest BCUT2D eigenvalue weighted by atomic mass is 9.94. The predicted octanol–water partition coefficient (Wildman–Crippen LogP) is 3.20. The van der Waals surface area contributed by atoms with Crippen LogP contribution in [0, 0.1) is 12.7 Å². The van der Waals surface area contributed by atoms with Gasteiger partial charge in [-0.15, -0.1) is 0 Å². The van der Waals surface area contributed by atoms with Gasteiger partial charge >= 0.3 is 5.97 Å². The fourth-order valence-corrected chi connectivity index (χ4v) is 3.13. The van der Waals surface area contributed by atoms with Crippen LogP contribution in [-0.2, 0) is 21.5 Å². The fourth-order valence-electron chi connectivity index (χ4n) is 3.13. The number of nitrogens with zero attached hydrogens (tertiary/aromatic N) is 1. The summed E-state index contributed by atoms with van der Waals surface area (Å²) in [5.74, 6) is 0.159. The number of hydrogen-bond acceptors (Lipinski definition) is 4. The molecule has 0 spiro atoms. The van der Waals surface area contributed by atoms with Crippen LogP contribution in [0.25, 0.3) is 0 Å². The van der Waals surface area contributed by atoms with E-state index < -0.39 is 11.4 Å². The summed E-state index contributed by atoms with van der Waals surface area (Å²) in [4.78, 5) is 26.1. The molecule has 1 amide bonds. The third-order valence-electron chi connectivity index (χ3n) is 4.67. The van der Waals surface area contributed by atoms with Gasteiger partial charge in [0.1, 0.15) is 22.9 Å². The SMILES string of the molecule is COC(=O)c1cc(CN(C)C(=O)C2(c3ccc(F)cc3)CC2)oc1C. The van der Waals surface area contributed by atoms with Gasteiger partial charge in [0, 0.05) is 7.05 Å². The predicted molar refractivity (Wildman–Crippen MR) is 88.6 cm³/mol. The van der Waals surface area contributed by atoms with E-state index in [0.29, 0.717) is 17.1 Å². The maximum Gasteiger partial charge on any atom is 0.341 e. The van der Waals surface area contributed by atoms with Gasteiger partial charge in [0.05, 0.1) is 19.1 Å². The standard InChI is InChI=1S/C19H20FNO4/c1-12-16(17(22)24-3)10-15(25-12)11-21(2)18(23)19(8-9-19)13-4-6-14(20)7-5-13/h4-7,10H,8-9,11H2,1-3H3. The number of rotatable bonds is 5. The Balaban J connectivity index is 1.75. The van der Waals surface area contributed by atoms with Crippen molar-refractivity contribution in [1.29, 1.82) is 0 Å². The lowest BCUT2D eigenvalue weighted by molar-refractivity contribution is -0.133. The molecule has 0 saturated heterocycles. The molecular weight excluding hydrogens is 325 g/mol. The molecule has 3 rings (SSSR count). The first-order valence-electron chi connectivity index (χ1n) is 8.06. The highest BCUT2D eigenvalue weighted by Gasteiger charge is 2.52. The van der Waals surface area contributed by atoms with E-state index >= 15 is 0 Å². The molecule has 0 atom stereocenters. The summed E-state index contributed by atoms with van der Waals surface area (Å²) in [6.07, 6.45) is 1.48. The van der Waals surface area contributed by atoms with Crippen LogP contribution in [0.5, 0.6) is 0 Å². The van der Waals surface area contributed by atoms with Crippen LogP contribution >= 0.6 is 0 Å². The Labute approximate surface area is 145 Å². The second kappa shape index (κ2) is 6.35. The Morgan fingerprint density at radius 2 is 1.92 bits per heavy atom. The first-order chi connectivity index (χ1) is 11.9. The fraction of sp³-hybridized carbons (Fsp3) is 0.368. The highest BCUT2D eigenvalue weighted by Crippen LogP contribution is 2.49. The Bertz CT molecular complexity index is 805. The summed E-state index contributed by atoms with van der Waals surface area (Å²) in [5.41, 5.74) is 0.615. The van der Waals surface area contributed by atoms with Gasteiger partial charge in [-0.3, -0.25) is 4.79 Å². The summed E-state index contributed by atoms with van der Waals surface area (Å²) in [6, 6.07) is 7.69. The van der Waals surface area contributed by atoms with E-state index in [0.717, 1.165) is 18.4 Å². The molecular formula is C19H20FNO4. The van der Waals surface area contributed by atoms with Crippen molar-refractivity contribution in [2.75, 3.05) is 14.2 Å². The minimum Gasteiger partial charge on any atom is -0.465 e. The van der Waals surface area contributed by atoms with Crippen LogP contribution < -0.4 is 0 Å². The summed E-state index contributed by atoms with van der Waals surface area (Å²) in [7, 11) is 3.01. The number of benzene rings is 1. The van der Waals surface area contributed by atoms with Crippen LogP contribution in [0.3, 0.4) is 0 Å². The summed E-state index contributed by atoms with van der Waals surface area (Å²) >= 11 is 0. The van der Waals surface area contributed by atoms with E-state index in [1.165, 1.54) is 19.2 Å².